The zero-order valence-corrected chi connectivity index (χ0v) is 24.8. The second-order valence-electron chi connectivity index (χ2n) is 11.7. The van der Waals surface area contributed by atoms with Crippen LogP contribution in [0.2, 0.25) is 0 Å². The number of benzene rings is 9. The predicted octanol–water partition coefficient (Wildman–Crippen LogP) is 10.2. The normalized spacial score (nSPS) is 12.2. The number of fused-ring (bicyclic) bond motifs is 2. The maximum Gasteiger partial charge on any atom is 0.171 e. The summed E-state index contributed by atoms with van der Waals surface area (Å²) in [5.74, 6) is 0. The minimum atomic E-state index is -3.19. The van der Waals surface area contributed by atoms with E-state index in [4.69, 9.17) is 0 Å². The Morgan fingerprint density at radius 1 is 0.341 bits per heavy atom. The Bertz CT molecular complexity index is 2480. The second kappa shape index (κ2) is 9.64. The third-order valence-electron chi connectivity index (χ3n) is 9.26. The Labute approximate surface area is 255 Å². The molecular formula is C42H27OP. The Balaban J connectivity index is 1.23. The molecule has 0 unspecified atom stereocenters. The van der Waals surface area contributed by atoms with Crippen molar-refractivity contribution in [3.05, 3.63) is 164 Å². The van der Waals surface area contributed by atoms with Gasteiger partial charge in [-0.25, -0.2) is 0 Å². The van der Waals surface area contributed by atoms with E-state index in [1.54, 1.807) is 0 Å². The van der Waals surface area contributed by atoms with Crippen LogP contribution >= 0.6 is 7.14 Å². The van der Waals surface area contributed by atoms with E-state index in [0.717, 1.165) is 43.0 Å². The highest BCUT2D eigenvalue weighted by Gasteiger charge is 2.30. The molecule has 2 heteroatoms. The third-order valence-corrected chi connectivity index (χ3v) is 12.3. The van der Waals surface area contributed by atoms with E-state index in [1.807, 2.05) is 36.4 Å². The molecule has 0 aliphatic heterocycles. The van der Waals surface area contributed by atoms with Gasteiger partial charge in [-0.05, 0) is 77.1 Å². The largest absolute Gasteiger partial charge is 0.309 e. The Hall–Kier alpha value is -5.23. The molecule has 44 heavy (non-hydrogen) atoms. The molecule has 0 spiro atoms. The topological polar surface area (TPSA) is 17.1 Å². The average molecular weight is 579 g/mol. The van der Waals surface area contributed by atoms with Gasteiger partial charge in [-0.1, -0.05) is 152 Å². The molecule has 0 aliphatic carbocycles. The molecule has 0 aromatic heterocycles. The van der Waals surface area contributed by atoms with Crippen LogP contribution < -0.4 is 15.9 Å². The van der Waals surface area contributed by atoms with Crippen molar-refractivity contribution in [1.29, 1.82) is 0 Å². The summed E-state index contributed by atoms with van der Waals surface area (Å²) >= 11 is 0. The highest BCUT2D eigenvalue weighted by atomic mass is 31.2. The Morgan fingerprint density at radius 2 is 0.795 bits per heavy atom. The molecule has 0 bridgehead atoms. The first-order valence-corrected chi connectivity index (χ1v) is 16.7. The fourth-order valence-corrected chi connectivity index (χ4v) is 9.70. The van der Waals surface area contributed by atoms with Crippen LogP contribution in [0.25, 0.3) is 65.0 Å². The van der Waals surface area contributed by atoms with E-state index >= 15 is 4.57 Å². The first-order valence-electron chi connectivity index (χ1n) is 15.0. The van der Waals surface area contributed by atoms with Gasteiger partial charge < -0.3 is 4.57 Å². The van der Waals surface area contributed by atoms with Crippen molar-refractivity contribution >= 4 is 76.9 Å². The van der Waals surface area contributed by atoms with Crippen LogP contribution in [0.1, 0.15) is 0 Å². The molecule has 0 radical (unpaired) electrons. The second-order valence-corrected chi connectivity index (χ2v) is 14.5. The van der Waals surface area contributed by atoms with E-state index < -0.39 is 7.14 Å². The van der Waals surface area contributed by atoms with Crippen LogP contribution in [0, 0.1) is 0 Å². The summed E-state index contributed by atoms with van der Waals surface area (Å²) in [4.78, 5) is 0. The highest BCUT2D eigenvalue weighted by Crippen LogP contribution is 2.45. The van der Waals surface area contributed by atoms with Gasteiger partial charge in [-0.3, -0.25) is 0 Å². The van der Waals surface area contributed by atoms with Crippen LogP contribution in [0.5, 0.6) is 0 Å². The molecular weight excluding hydrogens is 551 g/mol. The van der Waals surface area contributed by atoms with Gasteiger partial charge in [0.1, 0.15) is 0 Å². The van der Waals surface area contributed by atoms with Gasteiger partial charge in [-0.15, -0.1) is 0 Å². The lowest BCUT2D eigenvalue weighted by Crippen LogP contribution is -2.25. The van der Waals surface area contributed by atoms with Crippen molar-refractivity contribution < 1.29 is 4.57 Å². The van der Waals surface area contributed by atoms with Crippen LogP contribution in [0.3, 0.4) is 0 Å². The van der Waals surface area contributed by atoms with Crippen molar-refractivity contribution in [3.8, 4) is 11.1 Å². The average Bonchev–Trinajstić information content (AvgIpc) is 3.10. The third kappa shape index (κ3) is 3.77. The first kappa shape index (κ1) is 25.3. The van der Waals surface area contributed by atoms with Crippen molar-refractivity contribution in [2.45, 2.75) is 0 Å². The Morgan fingerprint density at radius 3 is 1.41 bits per heavy atom. The van der Waals surface area contributed by atoms with E-state index in [2.05, 4.69) is 127 Å². The molecule has 0 saturated carbocycles. The van der Waals surface area contributed by atoms with Gasteiger partial charge in [0, 0.05) is 15.9 Å². The van der Waals surface area contributed by atoms with E-state index in [-0.39, 0.29) is 0 Å². The molecule has 206 valence electrons. The summed E-state index contributed by atoms with van der Waals surface area (Å²) in [6.45, 7) is 0. The fourth-order valence-electron chi connectivity index (χ4n) is 7.03. The molecule has 0 N–H and O–H groups in total. The molecule has 0 heterocycles. The van der Waals surface area contributed by atoms with Crippen LogP contribution in [0.15, 0.2) is 164 Å². The summed E-state index contributed by atoms with van der Waals surface area (Å²) in [6.07, 6.45) is 0. The SMILES string of the molecule is O=P(c1ccc(-c2ccc3ccc4cccc5ccc2c3c45)cc1)(c1ccc2ccccc2c1)c1ccc2ccccc2c1. The molecule has 0 fully saturated rings. The smallest absolute Gasteiger partial charge is 0.171 e. The van der Waals surface area contributed by atoms with Crippen molar-refractivity contribution in [1.82, 2.24) is 0 Å². The van der Waals surface area contributed by atoms with Gasteiger partial charge in [-0.2, -0.15) is 0 Å². The molecule has 0 amide bonds. The van der Waals surface area contributed by atoms with Crippen LogP contribution in [0.4, 0.5) is 0 Å². The maximum absolute atomic E-state index is 15.6. The van der Waals surface area contributed by atoms with E-state index in [9.17, 15) is 0 Å². The Kier molecular flexibility index (Phi) is 5.54. The lowest BCUT2D eigenvalue weighted by atomic mass is 9.90. The quantitative estimate of drug-likeness (QED) is 0.150. The van der Waals surface area contributed by atoms with Gasteiger partial charge in [0.05, 0.1) is 0 Å². The monoisotopic (exact) mass is 578 g/mol. The zero-order chi connectivity index (χ0) is 29.3. The summed E-state index contributed by atoms with van der Waals surface area (Å²) in [5.41, 5.74) is 2.31. The standard InChI is InChI=1S/C42H27OP/c43-44(37-22-14-28-6-1-3-8-34(28)26-37,38-23-15-29-7-2-4-9-35(29)27-38)36-20-16-30(17-21-36)39-24-18-33-13-12-31-10-5-11-32-19-25-40(39)42(33)41(31)32/h1-27H. The molecule has 1 nitrogen and oxygen atoms in total. The minimum absolute atomic E-state index is 0.838. The number of hydrogen-bond acceptors (Lipinski definition) is 1. The number of rotatable bonds is 4. The fraction of sp³-hybridized carbons (Fsp3) is 0. The minimum Gasteiger partial charge on any atom is -0.309 e. The summed E-state index contributed by atoms with van der Waals surface area (Å²) in [6, 6.07) is 57.4. The predicted molar refractivity (Wildman–Crippen MR) is 190 cm³/mol. The maximum atomic E-state index is 15.6. The number of hydrogen-bond donors (Lipinski definition) is 0. The van der Waals surface area contributed by atoms with Crippen molar-refractivity contribution in [2.24, 2.45) is 0 Å². The molecule has 9 rings (SSSR count). The van der Waals surface area contributed by atoms with Crippen molar-refractivity contribution in [3.63, 3.8) is 0 Å². The van der Waals surface area contributed by atoms with E-state index in [0.29, 0.717) is 0 Å². The van der Waals surface area contributed by atoms with E-state index in [1.165, 1.54) is 37.9 Å². The van der Waals surface area contributed by atoms with Gasteiger partial charge >= 0.3 is 0 Å². The molecule has 0 saturated heterocycles. The summed E-state index contributed by atoms with van der Waals surface area (Å²) < 4.78 is 15.6. The van der Waals surface area contributed by atoms with Crippen LogP contribution in [-0.2, 0) is 4.57 Å². The lowest BCUT2D eigenvalue weighted by Gasteiger charge is -2.22. The molecule has 9 aromatic carbocycles. The summed E-state index contributed by atoms with van der Waals surface area (Å²) in [7, 11) is -3.19. The van der Waals surface area contributed by atoms with Gasteiger partial charge in [0.2, 0.25) is 0 Å². The lowest BCUT2D eigenvalue weighted by molar-refractivity contribution is 0.592. The zero-order valence-electron chi connectivity index (χ0n) is 23.9. The van der Waals surface area contributed by atoms with Crippen molar-refractivity contribution in [2.75, 3.05) is 0 Å². The van der Waals surface area contributed by atoms with Crippen LogP contribution in [-0.4, -0.2) is 0 Å². The van der Waals surface area contributed by atoms with Gasteiger partial charge in [0.25, 0.3) is 0 Å². The molecule has 0 aliphatic rings. The highest BCUT2D eigenvalue weighted by molar-refractivity contribution is 7.85. The molecule has 0 atom stereocenters. The molecule has 9 aromatic rings. The van der Waals surface area contributed by atoms with Gasteiger partial charge in [0.15, 0.2) is 7.14 Å². The first-order chi connectivity index (χ1) is 21.7. The summed E-state index contributed by atoms with van der Waals surface area (Å²) in [5, 5.41) is 14.7.